The Morgan fingerprint density at radius 2 is 2.29 bits per heavy atom. The summed E-state index contributed by atoms with van der Waals surface area (Å²) in [5.74, 6) is -0.296. The smallest absolute Gasteiger partial charge is 0.275 e. The van der Waals surface area contributed by atoms with Crippen LogP contribution in [0.15, 0.2) is 36.8 Å². The van der Waals surface area contributed by atoms with Gasteiger partial charge in [-0.15, -0.1) is 0 Å². The molecule has 0 bridgehead atoms. The minimum atomic E-state index is -0.296. The monoisotopic (exact) mass is 228 g/mol. The fourth-order valence-electron chi connectivity index (χ4n) is 1.28. The van der Waals surface area contributed by atoms with Crippen LogP contribution >= 0.6 is 0 Å². The Bertz CT molecular complexity index is 579. The maximum absolute atomic E-state index is 11.8. The summed E-state index contributed by atoms with van der Waals surface area (Å²) < 4.78 is 0. The molecule has 0 aliphatic heterocycles. The van der Waals surface area contributed by atoms with Gasteiger partial charge in [0.1, 0.15) is 11.2 Å². The number of hydrogen-bond acceptors (Lipinski definition) is 4. The highest BCUT2D eigenvalue weighted by molar-refractivity contribution is 5.94. The second-order valence-electron chi connectivity index (χ2n) is 3.51. The Morgan fingerprint density at radius 3 is 3.06 bits per heavy atom. The molecule has 1 amide bonds. The van der Waals surface area contributed by atoms with Crippen molar-refractivity contribution in [2.24, 2.45) is 0 Å². The Morgan fingerprint density at radius 1 is 1.47 bits per heavy atom. The highest BCUT2D eigenvalue weighted by Crippen LogP contribution is 2.06. The summed E-state index contributed by atoms with van der Waals surface area (Å²) in [6.45, 7) is 5.62. The lowest BCUT2D eigenvalue weighted by atomic mass is 10.3. The van der Waals surface area contributed by atoms with Gasteiger partial charge in [-0.3, -0.25) is 4.79 Å². The van der Waals surface area contributed by atoms with Gasteiger partial charge in [-0.05, 0) is 18.6 Å². The minimum absolute atomic E-state index is 0.264. The van der Waals surface area contributed by atoms with Gasteiger partial charge in [-0.2, -0.15) is 0 Å². The van der Waals surface area contributed by atoms with Gasteiger partial charge < -0.3 is 5.32 Å². The fraction of sp³-hybridized carbons (Fsp3) is 0.167. The van der Waals surface area contributed by atoms with Crippen molar-refractivity contribution in [3.05, 3.63) is 42.5 Å². The largest absolute Gasteiger partial charge is 0.325 e. The molecule has 0 aliphatic rings. The second kappa shape index (κ2) is 4.69. The van der Waals surface area contributed by atoms with Gasteiger partial charge in [0.25, 0.3) is 5.91 Å². The molecule has 0 aliphatic carbocycles. The van der Waals surface area contributed by atoms with Gasteiger partial charge in [0.15, 0.2) is 5.65 Å². The molecule has 17 heavy (non-hydrogen) atoms. The van der Waals surface area contributed by atoms with E-state index in [1.54, 1.807) is 18.3 Å². The third kappa shape index (κ3) is 2.44. The fourth-order valence-corrected chi connectivity index (χ4v) is 1.28. The number of nitrogens with zero attached hydrogens (tertiary/aromatic N) is 3. The Labute approximate surface area is 98.6 Å². The number of fused-ring (bicyclic) bond motifs is 1. The molecule has 2 aromatic rings. The SMILES string of the molecule is C=C(CC)NC(=O)c1cnc2ncccc2n1. The second-order valence-corrected chi connectivity index (χ2v) is 3.51. The number of pyridine rings is 1. The van der Waals surface area contributed by atoms with E-state index < -0.39 is 0 Å². The van der Waals surface area contributed by atoms with E-state index in [2.05, 4.69) is 26.8 Å². The van der Waals surface area contributed by atoms with Gasteiger partial charge in [0, 0.05) is 11.9 Å². The summed E-state index contributed by atoms with van der Waals surface area (Å²) in [6.07, 6.45) is 3.73. The average molecular weight is 228 g/mol. The van der Waals surface area contributed by atoms with Crippen molar-refractivity contribution in [2.45, 2.75) is 13.3 Å². The summed E-state index contributed by atoms with van der Waals surface area (Å²) in [4.78, 5) is 24.1. The maximum atomic E-state index is 11.8. The number of carbonyl (C=O) groups excluding carboxylic acids is 1. The van der Waals surface area contributed by atoms with Crippen LogP contribution in [-0.4, -0.2) is 20.9 Å². The first-order valence-corrected chi connectivity index (χ1v) is 5.27. The number of aromatic nitrogens is 3. The van der Waals surface area contributed by atoms with E-state index in [9.17, 15) is 4.79 Å². The van der Waals surface area contributed by atoms with Crippen molar-refractivity contribution < 1.29 is 4.79 Å². The molecule has 0 aromatic carbocycles. The van der Waals surface area contributed by atoms with Crippen molar-refractivity contribution in [3.8, 4) is 0 Å². The molecule has 0 saturated carbocycles. The lowest BCUT2D eigenvalue weighted by Gasteiger charge is -2.05. The van der Waals surface area contributed by atoms with Crippen LogP contribution in [-0.2, 0) is 0 Å². The predicted molar refractivity (Wildman–Crippen MR) is 64.2 cm³/mol. The summed E-state index contributed by atoms with van der Waals surface area (Å²) in [7, 11) is 0. The molecule has 0 spiro atoms. The number of amides is 1. The predicted octanol–water partition coefficient (Wildman–Crippen LogP) is 1.68. The molecule has 2 heterocycles. The van der Waals surface area contributed by atoms with Gasteiger partial charge in [0.05, 0.1) is 6.20 Å². The molecular formula is C12H12N4O. The van der Waals surface area contributed by atoms with Crippen LogP contribution in [0, 0.1) is 0 Å². The zero-order valence-corrected chi connectivity index (χ0v) is 9.47. The number of hydrogen-bond donors (Lipinski definition) is 1. The third-order valence-corrected chi connectivity index (χ3v) is 2.27. The van der Waals surface area contributed by atoms with Gasteiger partial charge in [-0.25, -0.2) is 15.0 Å². The van der Waals surface area contributed by atoms with Crippen molar-refractivity contribution >= 4 is 17.1 Å². The van der Waals surface area contributed by atoms with Gasteiger partial charge >= 0.3 is 0 Å². The number of carbonyl (C=O) groups is 1. The van der Waals surface area contributed by atoms with E-state index in [4.69, 9.17) is 0 Å². The molecule has 0 fully saturated rings. The van der Waals surface area contributed by atoms with E-state index in [-0.39, 0.29) is 11.6 Å². The first-order chi connectivity index (χ1) is 8.20. The molecule has 86 valence electrons. The van der Waals surface area contributed by atoms with E-state index in [1.807, 2.05) is 6.92 Å². The van der Waals surface area contributed by atoms with Crippen LogP contribution < -0.4 is 5.32 Å². The summed E-state index contributed by atoms with van der Waals surface area (Å²) in [6, 6.07) is 3.52. The lowest BCUT2D eigenvalue weighted by Crippen LogP contribution is -2.23. The van der Waals surface area contributed by atoms with E-state index in [0.29, 0.717) is 23.3 Å². The summed E-state index contributed by atoms with van der Waals surface area (Å²) in [5.41, 5.74) is 2.05. The van der Waals surface area contributed by atoms with Crippen molar-refractivity contribution in [2.75, 3.05) is 0 Å². The first-order valence-electron chi connectivity index (χ1n) is 5.27. The molecule has 0 atom stereocenters. The topological polar surface area (TPSA) is 67.8 Å². The van der Waals surface area contributed by atoms with Crippen molar-refractivity contribution in [1.82, 2.24) is 20.3 Å². The van der Waals surface area contributed by atoms with E-state index in [0.717, 1.165) is 0 Å². The first kappa shape index (κ1) is 11.2. The molecule has 5 nitrogen and oxygen atoms in total. The summed E-state index contributed by atoms with van der Waals surface area (Å²) >= 11 is 0. The maximum Gasteiger partial charge on any atom is 0.275 e. The highest BCUT2D eigenvalue weighted by Gasteiger charge is 2.09. The zero-order chi connectivity index (χ0) is 12.3. The van der Waals surface area contributed by atoms with Crippen LogP contribution in [0.4, 0.5) is 0 Å². The standard InChI is InChI=1S/C12H12N4O/c1-3-8(2)15-12(17)10-7-14-11-9(16-10)5-4-6-13-11/h4-7H,2-3H2,1H3,(H,15,17). The van der Waals surface area contributed by atoms with Crippen molar-refractivity contribution in [1.29, 1.82) is 0 Å². The molecule has 5 heteroatoms. The minimum Gasteiger partial charge on any atom is -0.325 e. The average Bonchev–Trinajstić information content (AvgIpc) is 2.38. The van der Waals surface area contributed by atoms with Crippen LogP contribution in [0.1, 0.15) is 23.8 Å². The summed E-state index contributed by atoms with van der Waals surface area (Å²) in [5, 5.41) is 2.65. The molecular weight excluding hydrogens is 216 g/mol. The Balaban J connectivity index is 2.30. The molecule has 0 saturated heterocycles. The number of nitrogens with one attached hydrogen (secondary N) is 1. The van der Waals surface area contributed by atoms with Crippen molar-refractivity contribution in [3.63, 3.8) is 0 Å². The normalized spacial score (nSPS) is 10.2. The molecule has 2 rings (SSSR count). The highest BCUT2D eigenvalue weighted by atomic mass is 16.1. The molecule has 1 N–H and O–H groups in total. The zero-order valence-electron chi connectivity index (χ0n) is 9.47. The van der Waals surface area contributed by atoms with Gasteiger partial charge in [0.2, 0.25) is 0 Å². The Kier molecular flexibility index (Phi) is 3.09. The van der Waals surface area contributed by atoms with E-state index in [1.165, 1.54) is 6.20 Å². The van der Waals surface area contributed by atoms with Crippen LogP contribution in [0.2, 0.25) is 0 Å². The molecule has 0 radical (unpaired) electrons. The number of rotatable bonds is 3. The van der Waals surface area contributed by atoms with Crippen LogP contribution in [0.5, 0.6) is 0 Å². The number of allylic oxidation sites excluding steroid dienone is 1. The van der Waals surface area contributed by atoms with Crippen LogP contribution in [0.25, 0.3) is 11.2 Å². The van der Waals surface area contributed by atoms with Crippen LogP contribution in [0.3, 0.4) is 0 Å². The molecule has 2 aromatic heterocycles. The van der Waals surface area contributed by atoms with E-state index >= 15 is 0 Å². The Hall–Kier alpha value is -2.30. The third-order valence-electron chi connectivity index (χ3n) is 2.27. The lowest BCUT2D eigenvalue weighted by molar-refractivity contribution is 0.0960. The van der Waals surface area contributed by atoms with Gasteiger partial charge in [-0.1, -0.05) is 13.5 Å². The quantitative estimate of drug-likeness (QED) is 0.867. The molecule has 0 unspecified atom stereocenters.